The van der Waals surface area contributed by atoms with Crippen molar-refractivity contribution in [3.8, 4) is 0 Å². The van der Waals surface area contributed by atoms with Crippen LogP contribution in [-0.2, 0) is 0 Å². The number of nitrogens with zero attached hydrogens (tertiary/aromatic N) is 2. The highest BCUT2D eigenvalue weighted by molar-refractivity contribution is 5.43. The molecule has 0 saturated carbocycles. The molecule has 7 heteroatoms. The van der Waals surface area contributed by atoms with Crippen LogP contribution in [-0.4, -0.2) is 15.6 Å². The Kier molecular flexibility index (Phi) is 2.56. The molecule has 1 atom stereocenters. The molecule has 0 saturated heterocycles. The lowest BCUT2D eigenvalue weighted by atomic mass is 10.1. The van der Waals surface area contributed by atoms with Crippen molar-refractivity contribution >= 4 is 5.65 Å². The van der Waals surface area contributed by atoms with E-state index < -0.39 is 23.7 Å². The van der Waals surface area contributed by atoms with Crippen LogP contribution in [0.15, 0.2) is 18.5 Å². The summed E-state index contributed by atoms with van der Waals surface area (Å²) in [6.07, 6.45) is -2.81. The summed E-state index contributed by atoms with van der Waals surface area (Å²) in [5.41, 5.74) is -0.622. The minimum atomic E-state index is -4.49. The standard InChI is InChI=1S/C10H7F5N2/c1-5(10(13,14)15)8-3-16-9-7(12)2-6(11)4-17(8)9/h2-5H,1H3. The highest BCUT2D eigenvalue weighted by Crippen LogP contribution is 2.34. The molecule has 0 bridgehead atoms. The van der Waals surface area contributed by atoms with E-state index in [-0.39, 0.29) is 11.3 Å². The molecule has 0 fully saturated rings. The third-order valence-electron chi connectivity index (χ3n) is 2.49. The first-order valence-electron chi connectivity index (χ1n) is 4.69. The van der Waals surface area contributed by atoms with E-state index in [9.17, 15) is 22.0 Å². The van der Waals surface area contributed by atoms with Crippen molar-refractivity contribution in [1.29, 1.82) is 0 Å². The predicted molar refractivity (Wildman–Crippen MR) is 49.6 cm³/mol. The molecule has 0 aliphatic heterocycles. The van der Waals surface area contributed by atoms with E-state index in [0.717, 1.165) is 23.7 Å². The summed E-state index contributed by atoms with van der Waals surface area (Å²) in [5.74, 6) is -3.80. The Balaban J connectivity index is 2.64. The Morgan fingerprint density at radius 2 is 1.94 bits per heavy atom. The minimum absolute atomic E-state index is 0.300. The van der Waals surface area contributed by atoms with Crippen molar-refractivity contribution in [3.05, 3.63) is 35.8 Å². The Morgan fingerprint density at radius 1 is 1.29 bits per heavy atom. The average Bonchev–Trinajstić information content (AvgIpc) is 2.58. The molecule has 0 radical (unpaired) electrons. The fourth-order valence-corrected chi connectivity index (χ4v) is 1.52. The lowest BCUT2D eigenvalue weighted by Crippen LogP contribution is -2.19. The van der Waals surface area contributed by atoms with E-state index in [1.165, 1.54) is 0 Å². The summed E-state index contributed by atoms with van der Waals surface area (Å²) in [6, 6.07) is 0.574. The summed E-state index contributed by atoms with van der Waals surface area (Å²) in [7, 11) is 0. The van der Waals surface area contributed by atoms with E-state index in [0.29, 0.717) is 6.07 Å². The maximum Gasteiger partial charge on any atom is 0.396 e. The number of pyridine rings is 1. The molecule has 2 nitrogen and oxygen atoms in total. The van der Waals surface area contributed by atoms with Gasteiger partial charge < -0.3 is 0 Å². The summed E-state index contributed by atoms with van der Waals surface area (Å²) >= 11 is 0. The van der Waals surface area contributed by atoms with Gasteiger partial charge in [0, 0.05) is 18.5 Å². The topological polar surface area (TPSA) is 17.3 Å². The molecule has 2 heterocycles. The molecule has 0 aromatic carbocycles. The van der Waals surface area contributed by atoms with E-state index in [4.69, 9.17) is 0 Å². The second-order valence-corrected chi connectivity index (χ2v) is 3.65. The van der Waals surface area contributed by atoms with Crippen LogP contribution in [0.3, 0.4) is 0 Å². The highest BCUT2D eigenvalue weighted by Gasteiger charge is 2.39. The van der Waals surface area contributed by atoms with Gasteiger partial charge in [-0.2, -0.15) is 13.2 Å². The van der Waals surface area contributed by atoms with E-state index in [1.807, 2.05) is 0 Å². The molecule has 2 aromatic rings. The molecule has 1 unspecified atom stereocenters. The maximum absolute atomic E-state index is 13.2. The van der Waals surface area contributed by atoms with E-state index in [1.54, 1.807) is 0 Å². The summed E-state index contributed by atoms with van der Waals surface area (Å²) < 4.78 is 64.5. The SMILES string of the molecule is CC(c1cnc2c(F)cc(F)cn12)C(F)(F)F. The normalized spacial score (nSPS) is 14.2. The Labute approximate surface area is 92.7 Å². The molecule has 17 heavy (non-hydrogen) atoms. The average molecular weight is 250 g/mol. The predicted octanol–water partition coefficient (Wildman–Crippen LogP) is 3.28. The number of halogens is 5. The lowest BCUT2D eigenvalue weighted by molar-refractivity contribution is -0.147. The molecule has 2 rings (SSSR count). The minimum Gasteiger partial charge on any atom is -0.298 e. The molecule has 0 amide bonds. The van der Waals surface area contributed by atoms with Crippen molar-refractivity contribution in [1.82, 2.24) is 9.38 Å². The fourth-order valence-electron chi connectivity index (χ4n) is 1.52. The van der Waals surface area contributed by atoms with Crippen LogP contribution in [0, 0.1) is 11.6 Å². The number of rotatable bonds is 1. The van der Waals surface area contributed by atoms with Gasteiger partial charge in [0.25, 0.3) is 0 Å². The Morgan fingerprint density at radius 3 is 2.53 bits per heavy atom. The van der Waals surface area contributed by atoms with E-state index in [2.05, 4.69) is 4.98 Å². The number of hydrogen-bond acceptors (Lipinski definition) is 1. The lowest BCUT2D eigenvalue weighted by Gasteiger charge is -2.15. The fraction of sp³-hybridized carbons (Fsp3) is 0.300. The first kappa shape index (κ1) is 11.8. The number of imidazole rings is 1. The smallest absolute Gasteiger partial charge is 0.298 e. The third-order valence-corrected chi connectivity index (χ3v) is 2.49. The molecule has 92 valence electrons. The Hall–Kier alpha value is -1.66. The van der Waals surface area contributed by atoms with Gasteiger partial charge in [-0.3, -0.25) is 4.40 Å². The van der Waals surface area contributed by atoms with Crippen molar-refractivity contribution in [3.63, 3.8) is 0 Å². The van der Waals surface area contributed by atoms with Gasteiger partial charge in [-0.05, 0) is 6.92 Å². The van der Waals surface area contributed by atoms with Gasteiger partial charge in [0.2, 0.25) is 0 Å². The molecule has 0 spiro atoms. The zero-order chi connectivity index (χ0) is 12.8. The van der Waals surface area contributed by atoms with Gasteiger partial charge in [-0.15, -0.1) is 0 Å². The molecular weight excluding hydrogens is 243 g/mol. The molecular formula is C10H7F5N2. The van der Waals surface area contributed by atoms with Crippen molar-refractivity contribution < 1.29 is 22.0 Å². The van der Waals surface area contributed by atoms with Crippen molar-refractivity contribution in [2.24, 2.45) is 0 Å². The van der Waals surface area contributed by atoms with Gasteiger partial charge >= 0.3 is 6.18 Å². The highest BCUT2D eigenvalue weighted by atomic mass is 19.4. The van der Waals surface area contributed by atoms with Gasteiger partial charge in [0.15, 0.2) is 11.5 Å². The summed E-state index contributed by atoms with van der Waals surface area (Å²) in [4.78, 5) is 3.52. The largest absolute Gasteiger partial charge is 0.396 e. The molecule has 0 aliphatic carbocycles. The number of aromatic nitrogens is 2. The Bertz CT molecular complexity index is 558. The molecule has 0 aliphatic rings. The van der Waals surface area contributed by atoms with Crippen LogP contribution in [0.2, 0.25) is 0 Å². The zero-order valence-corrected chi connectivity index (χ0v) is 8.59. The zero-order valence-electron chi connectivity index (χ0n) is 8.59. The maximum atomic E-state index is 13.2. The van der Waals surface area contributed by atoms with Gasteiger partial charge in [0.05, 0.1) is 11.6 Å². The first-order valence-corrected chi connectivity index (χ1v) is 4.69. The van der Waals surface area contributed by atoms with Crippen LogP contribution in [0.25, 0.3) is 5.65 Å². The first-order chi connectivity index (χ1) is 7.80. The monoisotopic (exact) mass is 250 g/mol. The van der Waals surface area contributed by atoms with Gasteiger partial charge in [0.1, 0.15) is 5.82 Å². The second kappa shape index (κ2) is 3.68. The summed E-state index contributed by atoms with van der Waals surface area (Å²) in [6.45, 7) is 0.909. The van der Waals surface area contributed by atoms with Crippen LogP contribution < -0.4 is 0 Å². The van der Waals surface area contributed by atoms with Gasteiger partial charge in [-0.1, -0.05) is 0 Å². The van der Waals surface area contributed by atoms with Crippen molar-refractivity contribution in [2.75, 3.05) is 0 Å². The number of alkyl halides is 3. The van der Waals surface area contributed by atoms with Gasteiger partial charge in [-0.25, -0.2) is 13.8 Å². The summed E-state index contributed by atoms with van der Waals surface area (Å²) in [5, 5.41) is 0. The van der Waals surface area contributed by atoms with E-state index >= 15 is 0 Å². The van der Waals surface area contributed by atoms with Crippen LogP contribution >= 0.6 is 0 Å². The van der Waals surface area contributed by atoms with Crippen LogP contribution in [0.5, 0.6) is 0 Å². The molecule has 0 N–H and O–H groups in total. The van der Waals surface area contributed by atoms with Crippen LogP contribution in [0.1, 0.15) is 18.5 Å². The number of fused-ring (bicyclic) bond motifs is 1. The second-order valence-electron chi connectivity index (χ2n) is 3.65. The quantitative estimate of drug-likeness (QED) is 0.710. The third kappa shape index (κ3) is 1.96. The molecule has 2 aromatic heterocycles. The number of hydrogen-bond donors (Lipinski definition) is 0. The van der Waals surface area contributed by atoms with Crippen LogP contribution in [0.4, 0.5) is 22.0 Å². The van der Waals surface area contributed by atoms with Crippen molar-refractivity contribution in [2.45, 2.75) is 19.0 Å².